The number of hydrogen-bond donors (Lipinski definition) is 5. The first-order valence-corrected chi connectivity index (χ1v) is 9.69. The second kappa shape index (κ2) is 8.03. The van der Waals surface area contributed by atoms with Crippen LogP contribution in [0.3, 0.4) is 0 Å². The Labute approximate surface area is 171 Å². The molecule has 0 bridgehead atoms. The number of carbonyl (C=O) groups is 1. The van der Waals surface area contributed by atoms with Crippen molar-refractivity contribution in [3.63, 3.8) is 0 Å². The number of aromatic nitrogens is 2. The normalized spacial score (nSPS) is 28.1. The number of aryl methyl sites for hydroxylation is 1. The summed E-state index contributed by atoms with van der Waals surface area (Å²) in [4.78, 5) is 20.3. The highest BCUT2D eigenvalue weighted by molar-refractivity contribution is 6.16. The van der Waals surface area contributed by atoms with Gasteiger partial charge in [-0.15, -0.1) is 0 Å². The van der Waals surface area contributed by atoms with E-state index in [9.17, 15) is 25.2 Å². The standard InChI is InChI=1S/C21H24N2O7/c1-9-7-22-16(15-14(9)11-5-3-4-6-12(11)23-15)18(26)13(24)8-29-21-20(28)19(27)17(25)10(2)30-21/h3-7,10,13,17,19-21,23-25,27-28H,8H2,1-2H3/t10-,13+,17-,19+,20-,21+/m0/s1. The zero-order valence-corrected chi connectivity index (χ0v) is 16.5. The first kappa shape index (κ1) is 20.9. The van der Waals surface area contributed by atoms with Gasteiger partial charge in [-0.2, -0.15) is 0 Å². The van der Waals surface area contributed by atoms with Gasteiger partial charge < -0.3 is 34.9 Å². The van der Waals surface area contributed by atoms with Gasteiger partial charge in [-0.1, -0.05) is 18.2 Å². The number of pyridine rings is 1. The van der Waals surface area contributed by atoms with E-state index in [1.807, 2.05) is 31.2 Å². The molecule has 0 aliphatic carbocycles. The first-order chi connectivity index (χ1) is 14.3. The van der Waals surface area contributed by atoms with E-state index >= 15 is 0 Å². The van der Waals surface area contributed by atoms with Crippen LogP contribution in [0.2, 0.25) is 0 Å². The number of aromatic amines is 1. The number of aliphatic hydroxyl groups excluding tert-OH is 4. The summed E-state index contributed by atoms with van der Waals surface area (Å²) in [6.07, 6.45) is -6.31. The molecule has 0 unspecified atom stereocenters. The molecule has 0 amide bonds. The number of nitrogens with zero attached hydrogens (tertiary/aromatic N) is 1. The number of Topliss-reactive ketones (excluding diaryl/α,β-unsaturated/α-hetero) is 1. The minimum Gasteiger partial charge on any atom is -0.388 e. The summed E-state index contributed by atoms with van der Waals surface area (Å²) in [6.45, 7) is 2.93. The van der Waals surface area contributed by atoms with Crippen LogP contribution in [0.4, 0.5) is 0 Å². The molecular weight excluding hydrogens is 392 g/mol. The first-order valence-electron chi connectivity index (χ1n) is 9.69. The number of hydrogen-bond acceptors (Lipinski definition) is 8. The molecule has 2 aromatic heterocycles. The summed E-state index contributed by atoms with van der Waals surface area (Å²) >= 11 is 0. The van der Waals surface area contributed by atoms with Crippen molar-refractivity contribution >= 4 is 27.6 Å². The quantitative estimate of drug-likeness (QED) is 0.376. The maximum absolute atomic E-state index is 12.9. The maximum atomic E-state index is 12.9. The summed E-state index contributed by atoms with van der Waals surface area (Å²) < 4.78 is 10.6. The third-order valence-electron chi connectivity index (χ3n) is 5.49. The molecule has 0 spiro atoms. The lowest BCUT2D eigenvalue weighted by molar-refractivity contribution is -0.295. The summed E-state index contributed by atoms with van der Waals surface area (Å²) in [7, 11) is 0. The molecule has 30 heavy (non-hydrogen) atoms. The van der Waals surface area contributed by atoms with Gasteiger partial charge in [0.05, 0.1) is 18.2 Å². The van der Waals surface area contributed by atoms with Crippen LogP contribution >= 0.6 is 0 Å². The highest BCUT2D eigenvalue weighted by atomic mass is 16.7. The van der Waals surface area contributed by atoms with Crippen molar-refractivity contribution < 1.29 is 34.7 Å². The zero-order chi connectivity index (χ0) is 21.6. The van der Waals surface area contributed by atoms with E-state index < -0.39 is 49.2 Å². The van der Waals surface area contributed by atoms with Crippen LogP contribution in [0.15, 0.2) is 30.5 Å². The molecule has 160 valence electrons. The van der Waals surface area contributed by atoms with Gasteiger partial charge >= 0.3 is 0 Å². The number of rotatable bonds is 5. The number of ketones is 1. The van der Waals surface area contributed by atoms with Crippen LogP contribution in [0.25, 0.3) is 21.8 Å². The van der Waals surface area contributed by atoms with Gasteiger partial charge in [-0.05, 0) is 25.5 Å². The fraction of sp³-hybridized carbons (Fsp3) is 0.429. The molecule has 1 aliphatic rings. The lowest BCUT2D eigenvalue weighted by Crippen LogP contribution is -2.57. The van der Waals surface area contributed by atoms with Gasteiger partial charge in [-0.25, -0.2) is 0 Å². The van der Waals surface area contributed by atoms with Gasteiger partial charge in [0.15, 0.2) is 6.29 Å². The number of H-pyrrole nitrogens is 1. The highest BCUT2D eigenvalue weighted by Crippen LogP contribution is 2.30. The molecule has 9 heteroatoms. The fourth-order valence-electron chi connectivity index (χ4n) is 3.78. The van der Waals surface area contributed by atoms with Crippen LogP contribution in [-0.4, -0.2) is 79.6 Å². The molecule has 1 saturated heterocycles. The van der Waals surface area contributed by atoms with Crippen LogP contribution in [0.5, 0.6) is 0 Å². The second-order valence-corrected chi connectivity index (χ2v) is 7.61. The molecule has 0 radical (unpaired) electrons. The molecule has 1 aromatic carbocycles. The predicted octanol–water partition coefficient (Wildman–Crippen LogP) is 0.412. The Kier molecular flexibility index (Phi) is 5.58. The molecule has 9 nitrogen and oxygen atoms in total. The number of ether oxygens (including phenoxy) is 2. The van der Waals surface area contributed by atoms with E-state index in [1.165, 1.54) is 6.92 Å². The van der Waals surface area contributed by atoms with Crippen molar-refractivity contribution in [2.24, 2.45) is 0 Å². The van der Waals surface area contributed by atoms with Crippen molar-refractivity contribution in [2.45, 2.75) is 50.7 Å². The fourth-order valence-corrected chi connectivity index (χ4v) is 3.78. The number of nitrogens with one attached hydrogen (secondary N) is 1. The number of para-hydroxylation sites is 1. The Morgan fingerprint density at radius 3 is 2.73 bits per heavy atom. The number of aliphatic hydroxyl groups is 4. The molecular formula is C21H24N2O7. The third-order valence-corrected chi connectivity index (χ3v) is 5.49. The predicted molar refractivity (Wildman–Crippen MR) is 107 cm³/mol. The van der Waals surface area contributed by atoms with E-state index in [-0.39, 0.29) is 5.69 Å². The van der Waals surface area contributed by atoms with Crippen LogP contribution < -0.4 is 0 Å². The average Bonchev–Trinajstić information content (AvgIpc) is 3.13. The van der Waals surface area contributed by atoms with Crippen LogP contribution in [0.1, 0.15) is 23.0 Å². The van der Waals surface area contributed by atoms with E-state index in [2.05, 4.69) is 9.97 Å². The van der Waals surface area contributed by atoms with Crippen molar-refractivity contribution in [1.29, 1.82) is 0 Å². The van der Waals surface area contributed by atoms with Gasteiger partial charge in [0, 0.05) is 22.5 Å². The topological polar surface area (TPSA) is 145 Å². The lowest BCUT2D eigenvalue weighted by atomic mass is 10.00. The molecule has 3 aromatic rings. The van der Waals surface area contributed by atoms with Gasteiger partial charge in [0.2, 0.25) is 5.78 Å². The summed E-state index contributed by atoms with van der Waals surface area (Å²) in [5.41, 5.74) is 2.35. The smallest absolute Gasteiger partial charge is 0.214 e. The van der Waals surface area contributed by atoms with Crippen molar-refractivity contribution in [3.8, 4) is 0 Å². The lowest BCUT2D eigenvalue weighted by Gasteiger charge is -2.39. The van der Waals surface area contributed by atoms with Crippen molar-refractivity contribution in [3.05, 3.63) is 41.7 Å². The molecule has 1 fully saturated rings. The minimum atomic E-state index is -1.56. The Balaban J connectivity index is 1.55. The summed E-state index contributed by atoms with van der Waals surface area (Å²) in [5.74, 6) is -0.648. The average molecular weight is 416 g/mol. The van der Waals surface area contributed by atoms with E-state index in [1.54, 1.807) is 6.20 Å². The molecule has 6 atom stereocenters. The number of fused-ring (bicyclic) bond motifs is 3. The van der Waals surface area contributed by atoms with E-state index in [0.29, 0.717) is 5.52 Å². The van der Waals surface area contributed by atoms with E-state index in [4.69, 9.17) is 9.47 Å². The SMILES string of the molecule is Cc1cnc(C(=O)[C@H](O)CO[C@@H]2O[C@@H](C)[C@H](O)[C@@H](O)[C@@H]2O)c2[nH]c3ccccc3c12. The van der Waals surface area contributed by atoms with Crippen molar-refractivity contribution in [2.75, 3.05) is 6.61 Å². The second-order valence-electron chi connectivity index (χ2n) is 7.61. The molecule has 5 N–H and O–H groups in total. The van der Waals surface area contributed by atoms with Gasteiger partial charge in [0.25, 0.3) is 0 Å². The largest absolute Gasteiger partial charge is 0.388 e. The van der Waals surface area contributed by atoms with Crippen LogP contribution in [-0.2, 0) is 9.47 Å². The Morgan fingerprint density at radius 1 is 1.23 bits per heavy atom. The Hall–Kier alpha value is -2.40. The minimum absolute atomic E-state index is 0.0804. The number of benzene rings is 1. The number of carbonyl (C=O) groups excluding carboxylic acids is 1. The van der Waals surface area contributed by atoms with Gasteiger partial charge in [-0.3, -0.25) is 9.78 Å². The van der Waals surface area contributed by atoms with Crippen LogP contribution in [0, 0.1) is 6.92 Å². The Bertz CT molecular complexity index is 1080. The molecule has 3 heterocycles. The molecule has 4 rings (SSSR count). The zero-order valence-electron chi connectivity index (χ0n) is 16.5. The molecule has 1 aliphatic heterocycles. The monoisotopic (exact) mass is 416 g/mol. The molecule has 0 saturated carbocycles. The maximum Gasteiger partial charge on any atom is 0.214 e. The van der Waals surface area contributed by atoms with E-state index in [0.717, 1.165) is 21.9 Å². The summed E-state index contributed by atoms with van der Waals surface area (Å²) in [5, 5.41) is 41.8. The van der Waals surface area contributed by atoms with Gasteiger partial charge in [0.1, 0.15) is 30.1 Å². The Morgan fingerprint density at radius 2 is 1.97 bits per heavy atom. The third kappa shape index (κ3) is 3.49. The summed E-state index contributed by atoms with van der Waals surface area (Å²) in [6, 6.07) is 7.62. The van der Waals surface area contributed by atoms with Crippen molar-refractivity contribution in [1.82, 2.24) is 9.97 Å². The highest BCUT2D eigenvalue weighted by Gasteiger charge is 2.42.